The fraction of sp³-hybridized carbons (Fsp3) is 0.500. The maximum atomic E-state index is 12.0. The van der Waals surface area contributed by atoms with E-state index in [4.69, 9.17) is 5.21 Å². The first kappa shape index (κ1) is 17.2. The van der Waals surface area contributed by atoms with Crippen LogP contribution in [0.4, 0.5) is 0 Å². The lowest BCUT2D eigenvalue weighted by Gasteiger charge is -2.16. The number of aryl methyl sites for hydroxylation is 1. The number of hydrogen-bond donors (Lipinski definition) is 3. The van der Waals surface area contributed by atoms with Crippen LogP contribution < -0.4 is 10.8 Å². The van der Waals surface area contributed by atoms with E-state index in [1.165, 1.54) is 5.56 Å². The van der Waals surface area contributed by atoms with Gasteiger partial charge in [-0.2, -0.15) is 0 Å². The molecule has 1 atom stereocenters. The highest BCUT2D eigenvalue weighted by Gasteiger charge is 2.26. The minimum Gasteiger partial charge on any atom is -0.355 e. The zero-order valence-corrected chi connectivity index (χ0v) is 12.6. The van der Waals surface area contributed by atoms with Crippen LogP contribution in [0.15, 0.2) is 30.3 Å². The molecule has 0 radical (unpaired) electrons. The van der Waals surface area contributed by atoms with Crippen LogP contribution >= 0.6 is 0 Å². The summed E-state index contributed by atoms with van der Waals surface area (Å²) in [6, 6.07) is 10.0. The highest BCUT2D eigenvalue weighted by molar-refractivity contribution is 5.99. The smallest absolute Gasteiger partial charge is 0.255 e. The van der Waals surface area contributed by atoms with E-state index in [0.29, 0.717) is 13.0 Å². The molecule has 0 fully saturated rings. The number of benzene rings is 1. The van der Waals surface area contributed by atoms with E-state index in [0.717, 1.165) is 12.8 Å². The lowest BCUT2D eigenvalue weighted by Crippen LogP contribution is -2.41. The van der Waals surface area contributed by atoms with Gasteiger partial charge < -0.3 is 5.32 Å². The molecule has 0 unspecified atom stereocenters. The van der Waals surface area contributed by atoms with Gasteiger partial charge in [-0.1, -0.05) is 44.2 Å². The molecule has 5 nitrogen and oxygen atoms in total. The van der Waals surface area contributed by atoms with Gasteiger partial charge in [0.05, 0.1) is 0 Å². The topological polar surface area (TPSA) is 78.4 Å². The van der Waals surface area contributed by atoms with E-state index >= 15 is 0 Å². The molecule has 0 aliphatic heterocycles. The summed E-state index contributed by atoms with van der Waals surface area (Å²) < 4.78 is 0. The van der Waals surface area contributed by atoms with Crippen molar-refractivity contribution in [2.24, 2.45) is 11.8 Å². The van der Waals surface area contributed by atoms with Crippen LogP contribution in [-0.4, -0.2) is 23.6 Å². The molecule has 0 aliphatic carbocycles. The molecule has 116 valence electrons. The number of hydroxylamine groups is 1. The zero-order valence-electron chi connectivity index (χ0n) is 12.6. The van der Waals surface area contributed by atoms with Crippen LogP contribution in [0.2, 0.25) is 0 Å². The van der Waals surface area contributed by atoms with E-state index < -0.39 is 11.8 Å². The Labute approximate surface area is 125 Å². The Kier molecular flexibility index (Phi) is 7.46. The number of carbonyl (C=O) groups excluding carboxylic acids is 2. The van der Waals surface area contributed by atoms with Gasteiger partial charge in [-0.3, -0.25) is 14.8 Å². The molecular weight excluding hydrogens is 268 g/mol. The second-order valence-electron chi connectivity index (χ2n) is 5.54. The molecule has 5 heteroatoms. The first-order valence-corrected chi connectivity index (χ1v) is 7.30. The molecule has 2 amide bonds. The van der Waals surface area contributed by atoms with Gasteiger partial charge in [0.2, 0.25) is 5.91 Å². The third-order valence-electron chi connectivity index (χ3n) is 3.23. The van der Waals surface area contributed by atoms with Crippen LogP contribution in [0.1, 0.15) is 32.3 Å². The minimum absolute atomic E-state index is 0.197. The van der Waals surface area contributed by atoms with Gasteiger partial charge in [0.15, 0.2) is 0 Å². The summed E-state index contributed by atoms with van der Waals surface area (Å²) in [4.78, 5) is 23.5. The molecule has 0 heterocycles. The second-order valence-corrected chi connectivity index (χ2v) is 5.54. The second kappa shape index (κ2) is 9.13. The van der Waals surface area contributed by atoms with Crippen LogP contribution in [-0.2, 0) is 16.0 Å². The van der Waals surface area contributed by atoms with Crippen molar-refractivity contribution in [1.29, 1.82) is 0 Å². The molecule has 0 saturated carbocycles. The number of rotatable bonds is 8. The average molecular weight is 292 g/mol. The molecule has 0 spiro atoms. The Morgan fingerprint density at radius 1 is 1.14 bits per heavy atom. The van der Waals surface area contributed by atoms with Crippen molar-refractivity contribution < 1.29 is 14.8 Å². The monoisotopic (exact) mass is 292 g/mol. The van der Waals surface area contributed by atoms with Gasteiger partial charge in [0.25, 0.3) is 5.91 Å². The van der Waals surface area contributed by atoms with Crippen molar-refractivity contribution in [2.45, 2.75) is 33.1 Å². The lowest BCUT2D eigenvalue weighted by molar-refractivity contribution is -0.141. The molecule has 1 rings (SSSR count). The van der Waals surface area contributed by atoms with Crippen molar-refractivity contribution in [3.63, 3.8) is 0 Å². The Hall–Kier alpha value is -1.88. The van der Waals surface area contributed by atoms with E-state index in [9.17, 15) is 9.59 Å². The summed E-state index contributed by atoms with van der Waals surface area (Å²) in [5, 5.41) is 11.5. The fourth-order valence-electron chi connectivity index (χ4n) is 2.15. The molecule has 0 aromatic heterocycles. The Morgan fingerprint density at radius 3 is 2.38 bits per heavy atom. The number of nitrogens with one attached hydrogen (secondary N) is 2. The molecule has 0 aliphatic rings. The Bertz CT molecular complexity index is 446. The SMILES string of the molecule is CC(C)C[C@H](C(=O)NO)C(=O)NCCCc1ccccc1. The molecule has 21 heavy (non-hydrogen) atoms. The lowest BCUT2D eigenvalue weighted by atomic mass is 9.95. The zero-order chi connectivity index (χ0) is 15.7. The first-order valence-electron chi connectivity index (χ1n) is 7.30. The van der Waals surface area contributed by atoms with Crippen molar-refractivity contribution in [1.82, 2.24) is 10.8 Å². The van der Waals surface area contributed by atoms with E-state index in [-0.39, 0.29) is 11.8 Å². The summed E-state index contributed by atoms with van der Waals surface area (Å²) in [7, 11) is 0. The summed E-state index contributed by atoms with van der Waals surface area (Å²) in [6.07, 6.45) is 2.10. The summed E-state index contributed by atoms with van der Waals surface area (Å²) in [5.41, 5.74) is 2.79. The first-order chi connectivity index (χ1) is 10.0. The third kappa shape index (κ3) is 6.40. The summed E-state index contributed by atoms with van der Waals surface area (Å²) in [5.74, 6) is -1.62. The van der Waals surface area contributed by atoms with Crippen LogP contribution in [0, 0.1) is 11.8 Å². The van der Waals surface area contributed by atoms with Crippen molar-refractivity contribution >= 4 is 11.8 Å². The standard InChI is InChI=1S/C16H24N2O3/c1-12(2)11-14(16(20)18-21)15(19)17-10-6-9-13-7-4-3-5-8-13/h3-5,7-8,12,14,21H,6,9-11H2,1-2H3,(H,17,19)(H,18,20)/t14-/m0/s1. The predicted octanol–water partition coefficient (Wildman–Crippen LogP) is 1.90. The summed E-state index contributed by atoms with van der Waals surface area (Å²) >= 11 is 0. The van der Waals surface area contributed by atoms with Gasteiger partial charge in [-0.05, 0) is 30.7 Å². The van der Waals surface area contributed by atoms with E-state index in [1.54, 1.807) is 5.48 Å². The molecule has 1 aromatic carbocycles. The van der Waals surface area contributed by atoms with Crippen LogP contribution in [0.5, 0.6) is 0 Å². The molecule has 3 N–H and O–H groups in total. The number of carbonyl (C=O) groups is 2. The molecule has 1 aromatic rings. The number of hydrogen-bond acceptors (Lipinski definition) is 3. The predicted molar refractivity (Wildman–Crippen MR) is 80.6 cm³/mol. The minimum atomic E-state index is -0.841. The van der Waals surface area contributed by atoms with Gasteiger partial charge in [-0.25, -0.2) is 5.48 Å². The summed E-state index contributed by atoms with van der Waals surface area (Å²) in [6.45, 7) is 4.38. The molecule has 0 bridgehead atoms. The highest BCUT2D eigenvalue weighted by atomic mass is 16.5. The third-order valence-corrected chi connectivity index (χ3v) is 3.23. The fourth-order valence-corrected chi connectivity index (χ4v) is 2.15. The Balaban J connectivity index is 2.37. The van der Waals surface area contributed by atoms with Crippen LogP contribution in [0.25, 0.3) is 0 Å². The van der Waals surface area contributed by atoms with Crippen molar-refractivity contribution in [3.05, 3.63) is 35.9 Å². The largest absolute Gasteiger partial charge is 0.355 e. The quantitative estimate of drug-likeness (QED) is 0.296. The normalized spacial score (nSPS) is 12.0. The van der Waals surface area contributed by atoms with Crippen molar-refractivity contribution in [2.75, 3.05) is 6.54 Å². The average Bonchev–Trinajstić information content (AvgIpc) is 2.49. The van der Waals surface area contributed by atoms with Crippen molar-refractivity contribution in [3.8, 4) is 0 Å². The highest BCUT2D eigenvalue weighted by Crippen LogP contribution is 2.12. The molecular formula is C16H24N2O3. The van der Waals surface area contributed by atoms with Gasteiger partial charge >= 0.3 is 0 Å². The van der Waals surface area contributed by atoms with Gasteiger partial charge in [0, 0.05) is 6.54 Å². The van der Waals surface area contributed by atoms with E-state index in [1.807, 2.05) is 44.2 Å². The maximum Gasteiger partial charge on any atom is 0.255 e. The van der Waals surface area contributed by atoms with Gasteiger partial charge in [0.1, 0.15) is 5.92 Å². The Morgan fingerprint density at radius 2 is 1.81 bits per heavy atom. The molecule has 0 saturated heterocycles. The van der Waals surface area contributed by atoms with E-state index in [2.05, 4.69) is 5.32 Å². The number of amides is 2. The van der Waals surface area contributed by atoms with Gasteiger partial charge in [-0.15, -0.1) is 0 Å². The maximum absolute atomic E-state index is 12.0. The van der Waals surface area contributed by atoms with Crippen LogP contribution in [0.3, 0.4) is 0 Å².